The molecule has 1 atom stereocenters. The molecule has 0 spiro atoms. The van der Waals surface area contributed by atoms with E-state index in [2.05, 4.69) is 23.3 Å². The van der Waals surface area contributed by atoms with Crippen molar-refractivity contribution in [2.75, 3.05) is 6.54 Å². The van der Waals surface area contributed by atoms with Crippen molar-refractivity contribution in [3.05, 3.63) is 62.9 Å². The lowest BCUT2D eigenvalue weighted by Crippen LogP contribution is -2.24. The summed E-state index contributed by atoms with van der Waals surface area (Å²) in [4.78, 5) is 4.56. The number of aryl methyl sites for hydroxylation is 2. The van der Waals surface area contributed by atoms with Gasteiger partial charge in [0.25, 0.3) is 0 Å². The second-order valence-corrected chi connectivity index (χ2v) is 5.94. The van der Waals surface area contributed by atoms with Gasteiger partial charge in [0.1, 0.15) is 0 Å². The summed E-state index contributed by atoms with van der Waals surface area (Å²) in [5, 5.41) is 4.73. The van der Waals surface area contributed by atoms with Crippen LogP contribution >= 0.6 is 23.2 Å². The summed E-state index contributed by atoms with van der Waals surface area (Å²) in [7, 11) is 0. The average Bonchev–Trinajstić information content (AvgIpc) is 2.45. The summed E-state index contributed by atoms with van der Waals surface area (Å²) < 4.78 is 0. The topological polar surface area (TPSA) is 24.9 Å². The van der Waals surface area contributed by atoms with Crippen LogP contribution in [0.1, 0.15) is 41.9 Å². The normalized spacial score (nSPS) is 12.4. The predicted molar refractivity (Wildman–Crippen MR) is 90.3 cm³/mol. The summed E-state index contributed by atoms with van der Waals surface area (Å²) in [6.07, 6.45) is 1.05. The van der Waals surface area contributed by atoms with E-state index in [1.165, 1.54) is 0 Å². The van der Waals surface area contributed by atoms with E-state index in [0.29, 0.717) is 10.0 Å². The zero-order valence-electron chi connectivity index (χ0n) is 12.6. The van der Waals surface area contributed by atoms with Gasteiger partial charge in [-0.2, -0.15) is 0 Å². The Kier molecular flexibility index (Phi) is 5.63. The maximum Gasteiger partial charge on any atom is 0.0643 e. The van der Waals surface area contributed by atoms with Crippen LogP contribution < -0.4 is 5.32 Å². The molecule has 0 aliphatic heterocycles. The summed E-state index contributed by atoms with van der Waals surface area (Å²) >= 11 is 12.6. The van der Waals surface area contributed by atoms with Gasteiger partial charge in [-0.3, -0.25) is 4.98 Å². The number of halogens is 2. The van der Waals surface area contributed by atoms with Crippen molar-refractivity contribution >= 4 is 23.2 Å². The Morgan fingerprint density at radius 2 is 1.86 bits per heavy atom. The first-order valence-electron chi connectivity index (χ1n) is 7.16. The minimum Gasteiger partial charge on any atom is -0.306 e. The number of aromatic nitrogens is 1. The number of hydrogen-bond donors (Lipinski definition) is 1. The van der Waals surface area contributed by atoms with Gasteiger partial charge < -0.3 is 5.32 Å². The van der Waals surface area contributed by atoms with E-state index in [0.717, 1.165) is 35.5 Å². The summed E-state index contributed by atoms with van der Waals surface area (Å²) in [6.45, 7) is 7.07. The van der Waals surface area contributed by atoms with Gasteiger partial charge in [0, 0.05) is 11.4 Å². The molecule has 0 bridgehead atoms. The van der Waals surface area contributed by atoms with Crippen LogP contribution in [0.2, 0.25) is 10.0 Å². The van der Waals surface area contributed by atoms with Crippen LogP contribution in [-0.4, -0.2) is 11.5 Å². The molecule has 1 aromatic heterocycles. The van der Waals surface area contributed by atoms with Gasteiger partial charge in [-0.25, -0.2) is 0 Å². The van der Waals surface area contributed by atoms with Crippen LogP contribution in [0.25, 0.3) is 0 Å². The molecule has 2 rings (SSSR count). The lowest BCUT2D eigenvalue weighted by Gasteiger charge is -2.22. The Balaban J connectivity index is 2.49. The molecule has 0 aliphatic rings. The van der Waals surface area contributed by atoms with Gasteiger partial charge in [0.2, 0.25) is 0 Å². The van der Waals surface area contributed by atoms with Crippen molar-refractivity contribution in [2.45, 2.75) is 33.2 Å². The maximum atomic E-state index is 6.41. The Morgan fingerprint density at radius 1 is 1.10 bits per heavy atom. The minimum absolute atomic E-state index is 0.00394. The van der Waals surface area contributed by atoms with Crippen molar-refractivity contribution in [3.8, 4) is 0 Å². The highest BCUT2D eigenvalue weighted by Gasteiger charge is 2.20. The number of nitrogens with zero attached hydrogens (tertiary/aromatic N) is 1. The highest BCUT2D eigenvalue weighted by atomic mass is 35.5. The van der Waals surface area contributed by atoms with Crippen molar-refractivity contribution in [1.82, 2.24) is 10.3 Å². The summed E-state index contributed by atoms with van der Waals surface area (Å²) in [5.74, 6) is 0. The highest BCUT2D eigenvalue weighted by Crippen LogP contribution is 2.34. The molecule has 4 heteroatoms. The fourth-order valence-electron chi connectivity index (χ4n) is 2.42. The molecule has 112 valence electrons. The number of benzene rings is 1. The molecule has 1 N–H and O–H groups in total. The van der Waals surface area contributed by atoms with E-state index in [9.17, 15) is 0 Å². The number of nitrogens with one attached hydrogen (secondary N) is 1. The monoisotopic (exact) mass is 322 g/mol. The second kappa shape index (κ2) is 7.26. The van der Waals surface area contributed by atoms with Crippen LogP contribution in [0.5, 0.6) is 0 Å². The number of pyridine rings is 1. The largest absolute Gasteiger partial charge is 0.306 e. The van der Waals surface area contributed by atoms with Gasteiger partial charge >= 0.3 is 0 Å². The molecular formula is C17H20Cl2N2. The van der Waals surface area contributed by atoms with E-state index in [1.807, 2.05) is 38.1 Å². The standard InChI is InChI=1S/C17H20Cl2N2/c1-4-10-20-17(13-9-8-11(2)21-12(13)3)14-6-5-7-15(18)16(14)19/h5-9,17,20H,4,10H2,1-3H3. The third kappa shape index (κ3) is 3.76. The zero-order chi connectivity index (χ0) is 15.4. The molecule has 0 amide bonds. The Labute approximate surface area is 136 Å². The number of hydrogen-bond acceptors (Lipinski definition) is 2. The average molecular weight is 323 g/mol. The molecule has 1 heterocycles. The first-order chi connectivity index (χ1) is 10.0. The summed E-state index contributed by atoms with van der Waals surface area (Å²) in [6, 6.07) is 9.90. The van der Waals surface area contributed by atoms with Gasteiger partial charge in [-0.05, 0) is 50.1 Å². The van der Waals surface area contributed by atoms with Crippen LogP contribution in [0.3, 0.4) is 0 Å². The lowest BCUT2D eigenvalue weighted by atomic mass is 9.97. The number of rotatable bonds is 5. The molecular weight excluding hydrogens is 303 g/mol. The van der Waals surface area contributed by atoms with Crippen molar-refractivity contribution in [2.24, 2.45) is 0 Å². The van der Waals surface area contributed by atoms with Crippen LogP contribution in [0.4, 0.5) is 0 Å². The van der Waals surface area contributed by atoms with Gasteiger partial charge in [0.05, 0.1) is 16.1 Å². The third-order valence-corrected chi connectivity index (χ3v) is 4.30. The van der Waals surface area contributed by atoms with Crippen molar-refractivity contribution < 1.29 is 0 Å². The molecule has 0 aliphatic carbocycles. The third-order valence-electron chi connectivity index (χ3n) is 3.47. The Bertz CT molecular complexity index is 626. The van der Waals surface area contributed by atoms with Gasteiger partial charge in [-0.15, -0.1) is 0 Å². The molecule has 0 saturated heterocycles. The first-order valence-corrected chi connectivity index (χ1v) is 7.91. The molecule has 1 unspecified atom stereocenters. The van der Waals surface area contributed by atoms with E-state index in [-0.39, 0.29) is 6.04 Å². The SMILES string of the molecule is CCCNC(c1ccc(C)nc1C)c1cccc(Cl)c1Cl. The van der Waals surface area contributed by atoms with E-state index < -0.39 is 0 Å². The van der Waals surface area contributed by atoms with Crippen molar-refractivity contribution in [3.63, 3.8) is 0 Å². The molecule has 2 nitrogen and oxygen atoms in total. The van der Waals surface area contributed by atoms with E-state index in [4.69, 9.17) is 23.2 Å². The van der Waals surface area contributed by atoms with Gasteiger partial charge in [0.15, 0.2) is 0 Å². The molecule has 1 aromatic carbocycles. The van der Waals surface area contributed by atoms with Crippen molar-refractivity contribution in [1.29, 1.82) is 0 Å². The van der Waals surface area contributed by atoms with Crippen LogP contribution in [-0.2, 0) is 0 Å². The molecule has 2 aromatic rings. The van der Waals surface area contributed by atoms with E-state index >= 15 is 0 Å². The second-order valence-electron chi connectivity index (χ2n) is 5.16. The molecule has 0 saturated carbocycles. The molecule has 0 fully saturated rings. The zero-order valence-corrected chi connectivity index (χ0v) is 14.1. The highest BCUT2D eigenvalue weighted by molar-refractivity contribution is 6.42. The van der Waals surface area contributed by atoms with E-state index in [1.54, 1.807) is 0 Å². The quantitative estimate of drug-likeness (QED) is 0.828. The van der Waals surface area contributed by atoms with Crippen LogP contribution in [0.15, 0.2) is 30.3 Å². The molecule has 0 radical (unpaired) electrons. The lowest BCUT2D eigenvalue weighted by molar-refractivity contribution is 0.594. The Morgan fingerprint density at radius 3 is 2.52 bits per heavy atom. The first kappa shape index (κ1) is 16.3. The van der Waals surface area contributed by atoms with Gasteiger partial charge in [-0.1, -0.05) is 48.3 Å². The minimum atomic E-state index is 0.00394. The summed E-state index contributed by atoms with van der Waals surface area (Å²) in [5.41, 5.74) is 4.16. The fourth-order valence-corrected chi connectivity index (χ4v) is 2.84. The smallest absolute Gasteiger partial charge is 0.0643 e. The maximum absolute atomic E-state index is 6.41. The fraction of sp³-hybridized carbons (Fsp3) is 0.353. The predicted octanol–water partition coefficient (Wildman–Crippen LogP) is 5.09. The van der Waals surface area contributed by atoms with Crippen LogP contribution in [0, 0.1) is 13.8 Å². The molecule has 21 heavy (non-hydrogen) atoms. The Hall–Kier alpha value is -1.09.